The Morgan fingerprint density at radius 1 is 1.31 bits per heavy atom. The van der Waals surface area contributed by atoms with Gasteiger partial charge in [-0.3, -0.25) is 4.79 Å². The fourth-order valence-corrected chi connectivity index (χ4v) is 1.32. The second kappa shape index (κ2) is 4.98. The third kappa shape index (κ3) is 2.16. The van der Waals surface area contributed by atoms with Gasteiger partial charge in [-0.25, -0.2) is 13.2 Å². The summed E-state index contributed by atoms with van der Waals surface area (Å²) in [6, 6.07) is 1.77. The number of anilines is 1. The number of hydrogen-bond donors (Lipinski definition) is 1. The van der Waals surface area contributed by atoms with E-state index in [0.717, 1.165) is 17.0 Å². The minimum atomic E-state index is -1.60. The molecule has 0 bridgehead atoms. The molecule has 1 aromatic rings. The summed E-state index contributed by atoms with van der Waals surface area (Å²) in [5.74, 6) is -4.84. The van der Waals surface area contributed by atoms with Gasteiger partial charge < -0.3 is 10.6 Å². The van der Waals surface area contributed by atoms with Crippen LogP contribution in [0.3, 0.4) is 0 Å². The summed E-state index contributed by atoms with van der Waals surface area (Å²) in [4.78, 5) is 12.3. The number of nitrogens with two attached hydrogens (primary N) is 1. The molecule has 88 valence electrons. The highest BCUT2D eigenvalue weighted by atomic mass is 19.2. The second-order valence-electron chi connectivity index (χ2n) is 3.04. The molecule has 1 amide bonds. The highest BCUT2D eigenvalue weighted by Crippen LogP contribution is 2.23. The maximum absolute atomic E-state index is 13.3. The predicted molar refractivity (Wildman–Crippen MR) is 53.4 cm³/mol. The molecule has 16 heavy (non-hydrogen) atoms. The van der Waals surface area contributed by atoms with Gasteiger partial charge in [-0.2, -0.15) is 0 Å². The first-order chi connectivity index (χ1) is 7.52. The summed E-state index contributed by atoms with van der Waals surface area (Å²) in [5, 5.41) is 0. The van der Waals surface area contributed by atoms with E-state index in [9.17, 15) is 18.0 Å². The number of nitrogens with zero attached hydrogens (tertiary/aromatic N) is 1. The Hall–Kier alpha value is -1.56. The fraction of sp³-hybridized carbons (Fsp3) is 0.300. The van der Waals surface area contributed by atoms with Gasteiger partial charge in [-0.1, -0.05) is 0 Å². The first-order valence-corrected chi connectivity index (χ1v) is 4.66. The predicted octanol–water partition coefficient (Wildman–Crippen LogP) is 1.42. The smallest absolute Gasteiger partial charge is 0.240 e. The molecule has 6 heteroatoms. The number of likely N-dealkylation sites (N-methyl/N-ethyl adjacent to an activating group) is 1. The molecule has 0 spiro atoms. The maximum atomic E-state index is 13.3. The average Bonchev–Trinajstić information content (AvgIpc) is 2.29. The van der Waals surface area contributed by atoms with E-state index in [-0.39, 0.29) is 18.8 Å². The lowest BCUT2D eigenvalue weighted by Crippen LogP contribution is -2.36. The quantitative estimate of drug-likeness (QED) is 0.801. The van der Waals surface area contributed by atoms with Crippen LogP contribution in [0.4, 0.5) is 18.9 Å². The van der Waals surface area contributed by atoms with Gasteiger partial charge in [-0.15, -0.1) is 0 Å². The summed E-state index contributed by atoms with van der Waals surface area (Å²) in [6.07, 6.45) is 0. The van der Waals surface area contributed by atoms with E-state index in [2.05, 4.69) is 0 Å². The van der Waals surface area contributed by atoms with Crippen LogP contribution >= 0.6 is 0 Å². The van der Waals surface area contributed by atoms with Crippen LogP contribution in [0.25, 0.3) is 0 Å². The number of rotatable bonds is 3. The van der Waals surface area contributed by atoms with E-state index < -0.39 is 23.4 Å². The third-order valence-electron chi connectivity index (χ3n) is 2.10. The Morgan fingerprint density at radius 2 is 1.94 bits per heavy atom. The normalized spacial score (nSPS) is 10.3. The molecule has 3 nitrogen and oxygen atoms in total. The zero-order chi connectivity index (χ0) is 12.3. The first-order valence-electron chi connectivity index (χ1n) is 4.66. The minimum absolute atomic E-state index is 0.123. The molecule has 0 fully saturated rings. The van der Waals surface area contributed by atoms with Gasteiger partial charge >= 0.3 is 0 Å². The molecule has 1 rings (SSSR count). The number of hydrogen-bond acceptors (Lipinski definition) is 2. The molecule has 0 atom stereocenters. The molecule has 0 radical (unpaired) electrons. The monoisotopic (exact) mass is 232 g/mol. The van der Waals surface area contributed by atoms with Crippen LogP contribution in [-0.4, -0.2) is 19.0 Å². The Kier molecular flexibility index (Phi) is 3.89. The van der Waals surface area contributed by atoms with E-state index in [4.69, 9.17) is 5.73 Å². The van der Waals surface area contributed by atoms with Crippen LogP contribution in [0.5, 0.6) is 0 Å². The highest BCUT2D eigenvalue weighted by molar-refractivity contribution is 5.94. The largest absolute Gasteiger partial charge is 0.322 e. The Labute approximate surface area is 90.6 Å². The van der Waals surface area contributed by atoms with Gasteiger partial charge in [0, 0.05) is 6.54 Å². The van der Waals surface area contributed by atoms with Crippen LogP contribution in [-0.2, 0) is 4.79 Å². The van der Waals surface area contributed by atoms with E-state index in [1.807, 2.05) is 0 Å². The lowest BCUT2D eigenvalue weighted by Gasteiger charge is -2.20. The zero-order valence-corrected chi connectivity index (χ0v) is 8.64. The van der Waals surface area contributed by atoms with Crippen LogP contribution in [0.1, 0.15) is 6.92 Å². The SMILES string of the molecule is CCN(C(=O)CN)c1ccc(F)c(F)c1F. The van der Waals surface area contributed by atoms with Crippen molar-refractivity contribution in [3.8, 4) is 0 Å². The molecule has 0 aromatic heterocycles. The lowest BCUT2D eigenvalue weighted by atomic mass is 10.2. The van der Waals surface area contributed by atoms with Crippen LogP contribution < -0.4 is 10.6 Å². The molecule has 0 unspecified atom stereocenters. The van der Waals surface area contributed by atoms with Crippen molar-refractivity contribution >= 4 is 11.6 Å². The summed E-state index contributed by atoms with van der Waals surface area (Å²) in [5.41, 5.74) is 4.81. The van der Waals surface area contributed by atoms with E-state index in [1.54, 1.807) is 6.92 Å². The van der Waals surface area contributed by atoms with Gasteiger partial charge in [0.1, 0.15) is 0 Å². The number of benzene rings is 1. The van der Waals surface area contributed by atoms with Crippen molar-refractivity contribution in [2.45, 2.75) is 6.92 Å². The third-order valence-corrected chi connectivity index (χ3v) is 2.10. The maximum Gasteiger partial charge on any atom is 0.240 e. The molecule has 0 aliphatic heterocycles. The molecule has 2 N–H and O–H groups in total. The Morgan fingerprint density at radius 3 is 2.44 bits per heavy atom. The van der Waals surface area contributed by atoms with Gasteiger partial charge in [0.05, 0.1) is 12.2 Å². The molecular weight excluding hydrogens is 221 g/mol. The molecule has 1 aromatic carbocycles. The van der Waals surface area contributed by atoms with Gasteiger partial charge in [0.25, 0.3) is 0 Å². The lowest BCUT2D eigenvalue weighted by molar-refractivity contribution is -0.117. The summed E-state index contributed by atoms with van der Waals surface area (Å²) in [6.45, 7) is 1.37. The Balaban J connectivity index is 3.21. The average molecular weight is 232 g/mol. The van der Waals surface area contributed by atoms with Gasteiger partial charge in [0.15, 0.2) is 17.5 Å². The van der Waals surface area contributed by atoms with Crippen molar-refractivity contribution in [3.63, 3.8) is 0 Å². The van der Waals surface area contributed by atoms with Crippen LogP contribution in [0.2, 0.25) is 0 Å². The number of amides is 1. The number of halogens is 3. The van der Waals surface area contributed by atoms with Crippen molar-refractivity contribution in [2.24, 2.45) is 5.73 Å². The minimum Gasteiger partial charge on any atom is -0.322 e. The van der Waals surface area contributed by atoms with Crippen molar-refractivity contribution in [2.75, 3.05) is 18.0 Å². The van der Waals surface area contributed by atoms with Crippen LogP contribution in [0, 0.1) is 17.5 Å². The number of carbonyl (C=O) groups is 1. The molecule has 0 saturated heterocycles. The van der Waals surface area contributed by atoms with Gasteiger partial charge in [0.2, 0.25) is 5.91 Å². The molecule has 0 saturated carbocycles. The van der Waals surface area contributed by atoms with E-state index in [1.165, 1.54) is 0 Å². The summed E-state index contributed by atoms with van der Waals surface area (Å²) < 4.78 is 38.9. The van der Waals surface area contributed by atoms with Crippen molar-refractivity contribution < 1.29 is 18.0 Å². The molecule has 0 aliphatic rings. The standard InChI is InChI=1S/C10H11F3N2O/c1-2-15(8(16)5-14)7-4-3-6(11)9(12)10(7)13/h3-4H,2,5,14H2,1H3. The summed E-state index contributed by atoms with van der Waals surface area (Å²) >= 11 is 0. The van der Waals surface area contributed by atoms with Crippen molar-refractivity contribution in [1.29, 1.82) is 0 Å². The van der Waals surface area contributed by atoms with Crippen molar-refractivity contribution in [1.82, 2.24) is 0 Å². The summed E-state index contributed by atoms with van der Waals surface area (Å²) in [7, 11) is 0. The van der Waals surface area contributed by atoms with Gasteiger partial charge in [-0.05, 0) is 19.1 Å². The molecular formula is C10H11F3N2O. The highest BCUT2D eigenvalue weighted by Gasteiger charge is 2.20. The second-order valence-corrected chi connectivity index (χ2v) is 3.04. The van der Waals surface area contributed by atoms with E-state index >= 15 is 0 Å². The van der Waals surface area contributed by atoms with Crippen molar-refractivity contribution in [3.05, 3.63) is 29.6 Å². The number of carbonyl (C=O) groups excluding carboxylic acids is 1. The molecule has 0 aliphatic carbocycles. The fourth-order valence-electron chi connectivity index (χ4n) is 1.32. The topological polar surface area (TPSA) is 46.3 Å². The zero-order valence-electron chi connectivity index (χ0n) is 8.64. The molecule has 0 heterocycles. The van der Waals surface area contributed by atoms with Crippen LogP contribution in [0.15, 0.2) is 12.1 Å². The Bertz CT molecular complexity index is 409. The van der Waals surface area contributed by atoms with E-state index in [0.29, 0.717) is 0 Å². The first kappa shape index (κ1) is 12.5.